The summed E-state index contributed by atoms with van der Waals surface area (Å²) in [5.41, 5.74) is 1.36. The maximum Gasteiger partial charge on any atom is 0.0469 e. The van der Waals surface area contributed by atoms with Gasteiger partial charge in [0.05, 0.1) is 0 Å². The highest BCUT2D eigenvalue weighted by Gasteiger charge is 2.23. The van der Waals surface area contributed by atoms with E-state index in [0.29, 0.717) is 12.0 Å². The molecule has 0 aliphatic carbocycles. The maximum atomic E-state index is 5.42. The molecule has 1 aliphatic rings. The second kappa shape index (κ2) is 5.80. The van der Waals surface area contributed by atoms with Crippen molar-refractivity contribution in [3.63, 3.8) is 0 Å². The first-order valence-corrected chi connectivity index (χ1v) is 6.61. The van der Waals surface area contributed by atoms with E-state index in [1.165, 1.54) is 5.56 Å². The molecule has 0 bridgehead atoms. The Bertz CT molecular complexity index is 336. The zero-order valence-corrected chi connectivity index (χ0v) is 11.2. The van der Waals surface area contributed by atoms with Crippen LogP contribution in [0.1, 0.15) is 24.4 Å². The normalized spacial score (nSPS) is 19.6. The maximum absolute atomic E-state index is 5.42. The van der Waals surface area contributed by atoms with Gasteiger partial charge in [-0.3, -0.25) is 0 Å². The van der Waals surface area contributed by atoms with E-state index >= 15 is 0 Å². The number of hydrogen-bond acceptors (Lipinski definition) is 2. The van der Waals surface area contributed by atoms with Gasteiger partial charge in [0.2, 0.25) is 0 Å². The summed E-state index contributed by atoms with van der Waals surface area (Å²) >= 11 is 3.53. The predicted octanol–water partition coefficient (Wildman–Crippen LogP) is 3.14. The average Bonchev–Trinajstić information content (AvgIpc) is 2.31. The van der Waals surface area contributed by atoms with Gasteiger partial charge >= 0.3 is 0 Å². The minimum Gasteiger partial charge on any atom is -0.381 e. The van der Waals surface area contributed by atoms with Gasteiger partial charge in [-0.05, 0) is 43.5 Å². The molecular formula is C13H18BrNO. The van der Waals surface area contributed by atoms with Crippen LogP contribution in [-0.2, 0) is 4.74 Å². The topological polar surface area (TPSA) is 21.3 Å². The quantitative estimate of drug-likeness (QED) is 0.920. The van der Waals surface area contributed by atoms with Crippen LogP contribution in [0.15, 0.2) is 28.7 Å². The molecule has 1 heterocycles. The second-order valence-corrected chi connectivity index (χ2v) is 5.19. The third-order valence-electron chi connectivity index (χ3n) is 3.26. The number of ether oxygens (including phenoxy) is 1. The van der Waals surface area contributed by atoms with Crippen molar-refractivity contribution in [2.24, 2.45) is 5.92 Å². The van der Waals surface area contributed by atoms with E-state index in [-0.39, 0.29) is 0 Å². The Hall–Kier alpha value is -0.380. The predicted molar refractivity (Wildman–Crippen MR) is 69.5 cm³/mol. The molecule has 0 saturated carbocycles. The summed E-state index contributed by atoms with van der Waals surface area (Å²) in [6.45, 7) is 1.80. The summed E-state index contributed by atoms with van der Waals surface area (Å²) in [6.07, 6.45) is 2.30. The van der Waals surface area contributed by atoms with Gasteiger partial charge in [0.15, 0.2) is 0 Å². The van der Waals surface area contributed by atoms with Crippen LogP contribution in [0.3, 0.4) is 0 Å². The van der Waals surface area contributed by atoms with E-state index in [2.05, 4.69) is 45.5 Å². The van der Waals surface area contributed by atoms with Crippen LogP contribution in [0.5, 0.6) is 0 Å². The summed E-state index contributed by atoms with van der Waals surface area (Å²) < 4.78 is 6.57. The highest BCUT2D eigenvalue weighted by molar-refractivity contribution is 9.10. The lowest BCUT2D eigenvalue weighted by atomic mass is 9.87. The fourth-order valence-electron chi connectivity index (χ4n) is 2.42. The van der Waals surface area contributed by atoms with Crippen LogP contribution in [0.4, 0.5) is 0 Å². The van der Waals surface area contributed by atoms with E-state index in [1.54, 1.807) is 0 Å². The fourth-order valence-corrected chi connectivity index (χ4v) is 2.84. The van der Waals surface area contributed by atoms with Crippen LogP contribution >= 0.6 is 15.9 Å². The van der Waals surface area contributed by atoms with E-state index in [4.69, 9.17) is 4.74 Å². The standard InChI is InChI=1S/C13H18BrNO/c1-15-13(10-5-7-16-8-6-10)11-3-2-4-12(14)9-11/h2-4,9-10,13,15H,5-8H2,1H3. The zero-order valence-electron chi connectivity index (χ0n) is 9.58. The Kier molecular flexibility index (Phi) is 4.38. The zero-order chi connectivity index (χ0) is 11.4. The van der Waals surface area contributed by atoms with Crippen molar-refractivity contribution < 1.29 is 4.74 Å². The first-order chi connectivity index (χ1) is 7.81. The Morgan fingerprint density at radius 3 is 2.75 bits per heavy atom. The molecule has 1 fully saturated rings. The summed E-state index contributed by atoms with van der Waals surface area (Å²) in [4.78, 5) is 0. The summed E-state index contributed by atoms with van der Waals surface area (Å²) in [5.74, 6) is 0.688. The minimum absolute atomic E-state index is 0.446. The number of rotatable bonds is 3. The molecule has 0 amide bonds. The van der Waals surface area contributed by atoms with Gasteiger partial charge in [-0.25, -0.2) is 0 Å². The summed E-state index contributed by atoms with van der Waals surface area (Å²) in [6, 6.07) is 9.02. The number of benzene rings is 1. The molecule has 16 heavy (non-hydrogen) atoms. The number of hydrogen-bond donors (Lipinski definition) is 1. The summed E-state index contributed by atoms with van der Waals surface area (Å²) in [7, 11) is 2.04. The van der Waals surface area contributed by atoms with Crippen molar-refractivity contribution in [1.82, 2.24) is 5.32 Å². The third kappa shape index (κ3) is 2.84. The molecule has 2 rings (SSSR count). The molecule has 0 aromatic heterocycles. The van der Waals surface area contributed by atoms with Gasteiger partial charge in [-0.2, -0.15) is 0 Å². The van der Waals surface area contributed by atoms with Gasteiger partial charge in [0, 0.05) is 23.7 Å². The lowest BCUT2D eigenvalue weighted by Crippen LogP contribution is -2.29. The molecule has 1 saturated heterocycles. The number of halogens is 1. The first kappa shape index (κ1) is 12.1. The fraction of sp³-hybridized carbons (Fsp3) is 0.538. The smallest absolute Gasteiger partial charge is 0.0469 e. The van der Waals surface area contributed by atoms with Crippen molar-refractivity contribution in [3.05, 3.63) is 34.3 Å². The van der Waals surface area contributed by atoms with Crippen molar-refractivity contribution in [3.8, 4) is 0 Å². The van der Waals surface area contributed by atoms with E-state index in [0.717, 1.165) is 30.5 Å². The molecule has 88 valence electrons. The van der Waals surface area contributed by atoms with Gasteiger partial charge < -0.3 is 10.1 Å². The highest BCUT2D eigenvalue weighted by Crippen LogP contribution is 2.30. The Morgan fingerprint density at radius 2 is 2.12 bits per heavy atom. The average molecular weight is 284 g/mol. The molecule has 1 aromatic rings. The van der Waals surface area contributed by atoms with Crippen LogP contribution < -0.4 is 5.32 Å². The minimum atomic E-state index is 0.446. The molecule has 2 nitrogen and oxygen atoms in total. The van der Waals surface area contributed by atoms with Crippen LogP contribution in [-0.4, -0.2) is 20.3 Å². The van der Waals surface area contributed by atoms with Gasteiger partial charge in [0.1, 0.15) is 0 Å². The Morgan fingerprint density at radius 1 is 1.38 bits per heavy atom. The molecule has 1 unspecified atom stereocenters. The van der Waals surface area contributed by atoms with Gasteiger partial charge in [0.25, 0.3) is 0 Å². The lowest BCUT2D eigenvalue weighted by molar-refractivity contribution is 0.0546. The third-order valence-corrected chi connectivity index (χ3v) is 3.75. The van der Waals surface area contributed by atoms with Crippen LogP contribution in [0.25, 0.3) is 0 Å². The Labute approximate surface area is 106 Å². The molecular weight excluding hydrogens is 266 g/mol. The molecule has 1 aliphatic heterocycles. The lowest BCUT2D eigenvalue weighted by Gasteiger charge is -2.30. The monoisotopic (exact) mass is 283 g/mol. The molecule has 1 atom stereocenters. The molecule has 0 spiro atoms. The first-order valence-electron chi connectivity index (χ1n) is 5.81. The molecule has 0 radical (unpaired) electrons. The van der Waals surface area contributed by atoms with Crippen LogP contribution in [0.2, 0.25) is 0 Å². The van der Waals surface area contributed by atoms with E-state index < -0.39 is 0 Å². The van der Waals surface area contributed by atoms with E-state index in [1.807, 2.05) is 7.05 Å². The highest BCUT2D eigenvalue weighted by atomic mass is 79.9. The van der Waals surface area contributed by atoms with Gasteiger partial charge in [-0.1, -0.05) is 28.1 Å². The molecule has 1 N–H and O–H groups in total. The van der Waals surface area contributed by atoms with Crippen molar-refractivity contribution in [2.75, 3.05) is 20.3 Å². The largest absolute Gasteiger partial charge is 0.381 e. The molecule has 3 heteroatoms. The van der Waals surface area contributed by atoms with Crippen molar-refractivity contribution in [2.45, 2.75) is 18.9 Å². The second-order valence-electron chi connectivity index (χ2n) is 4.27. The summed E-state index contributed by atoms with van der Waals surface area (Å²) in [5, 5.41) is 3.44. The van der Waals surface area contributed by atoms with Gasteiger partial charge in [-0.15, -0.1) is 0 Å². The van der Waals surface area contributed by atoms with Crippen molar-refractivity contribution in [1.29, 1.82) is 0 Å². The van der Waals surface area contributed by atoms with Crippen LogP contribution in [0, 0.1) is 5.92 Å². The number of nitrogens with one attached hydrogen (secondary N) is 1. The molecule has 1 aromatic carbocycles. The SMILES string of the molecule is CNC(c1cccc(Br)c1)C1CCOCC1. The van der Waals surface area contributed by atoms with E-state index in [9.17, 15) is 0 Å². The Balaban J connectivity index is 2.14. The van der Waals surface area contributed by atoms with Crippen molar-refractivity contribution >= 4 is 15.9 Å².